The molecular weight excluding hydrogens is 888 g/mol. The van der Waals surface area contributed by atoms with Gasteiger partial charge in [-0.15, -0.1) is 0 Å². The van der Waals surface area contributed by atoms with E-state index in [1.165, 1.54) is 141 Å². The van der Waals surface area contributed by atoms with Crippen molar-refractivity contribution in [2.24, 2.45) is 0 Å². The molecular formula is C42H70Br4O4. The molecule has 290 valence electrons. The molecule has 50 heavy (non-hydrogen) atoms. The molecule has 0 heterocycles. The van der Waals surface area contributed by atoms with Crippen LogP contribution in [-0.2, 0) is 9.59 Å². The molecule has 0 radical (unpaired) electrons. The summed E-state index contributed by atoms with van der Waals surface area (Å²) in [6.45, 7) is 4.52. The number of carbonyl (C=O) groups is 2. The molecule has 0 spiro atoms. The fraction of sp³-hybridized carbons (Fsp3) is 0.714. The van der Waals surface area contributed by atoms with Crippen molar-refractivity contribution in [3.63, 3.8) is 0 Å². The molecule has 1 aromatic carbocycles. The number of benzene rings is 1. The normalized spacial score (nSPS) is 11.0. The first-order chi connectivity index (χ1) is 24.2. The van der Waals surface area contributed by atoms with Gasteiger partial charge in [0.15, 0.2) is 0 Å². The van der Waals surface area contributed by atoms with Crippen LogP contribution in [0.4, 0.5) is 0 Å². The minimum atomic E-state index is -0.664. The number of hydrogen-bond acceptors (Lipinski definition) is 2. The van der Waals surface area contributed by atoms with Crippen molar-refractivity contribution >= 4 is 75.7 Å². The van der Waals surface area contributed by atoms with Crippen molar-refractivity contribution in [2.75, 3.05) is 0 Å². The summed E-state index contributed by atoms with van der Waals surface area (Å²) in [7, 11) is 0. The van der Waals surface area contributed by atoms with Gasteiger partial charge >= 0.3 is 11.9 Å². The highest BCUT2D eigenvalue weighted by Gasteiger charge is 2.04. The van der Waals surface area contributed by atoms with Crippen molar-refractivity contribution in [3.8, 4) is 0 Å². The summed E-state index contributed by atoms with van der Waals surface area (Å²) in [6.07, 6.45) is 42.5. The number of allylic oxidation sites excluding steroid dienone is 4. The summed E-state index contributed by atoms with van der Waals surface area (Å²) in [4.78, 5) is 20.6. The standard InChI is InChI=1S/2C18H34O2.C6H2Br4/c2*1-2-3-4-5-6-7-8-9-10-11-12-13-14-15-16-17-18(19)20;7-3-1-2-4(8)6(10)5(3)9/h2*9-10H,2-8,11-17H2,1H3,(H,19,20);1-2H/b2*10-9-;. The lowest BCUT2D eigenvalue weighted by atomic mass is 10.1. The lowest BCUT2D eigenvalue weighted by Crippen LogP contribution is -1.93. The van der Waals surface area contributed by atoms with Crippen LogP contribution in [0.15, 0.2) is 54.3 Å². The van der Waals surface area contributed by atoms with Gasteiger partial charge < -0.3 is 10.2 Å². The average Bonchev–Trinajstić information content (AvgIpc) is 3.09. The SMILES string of the molecule is Brc1ccc(Br)c(Br)c1Br.CCCCCCCC/C=C\CCCCCCCC(=O)O.CCCCCCCC/C=C\CCCCCCCC(=O)O. The van der Waals surface area contributed by atoms with Crippen LogP contribution in [0.5, 0.6) is 0 Å². The van der Waals surface area contributed by atoms with Gasteiger partial charge in [-0.2, -0.15) is 0 Å². The van der Waals surface area contributed by atoms with Gasteiger partial charge in [0, 0.05) is 30.7 Å². The summed E-state index contributed by atoms with van der Waals surface area (Å²) in [5.41, 5.74) is 0. The molecule has 4 nitrogen and oxygen atoms in total. The summed E-state index contributed by atoms with van der Waals surface area (Å²) in [5, 5.41) is 17.0. The van der Waals surface area contributed by atoms with Gasteiger partial charge in [0.1, 0.15) is 0 Å². The molecule has 0 saturated carbocycles. The maximum absolute atomic E-state index is 10.3. The van der Waals surface area contributed by atoms with E-state index in [4.69, 9.17) is 10.2 Å². The second kappa shape index (κ2) is 41.3. The maximum atomic E-state index is 10.3. The molecule has 8 heteroatoms. The molecule has 0 unspecified atom stereocenters. The molecule has 0 atom stereocenters. The third-order valence-electron chi connectivity index (χ3n) is 8.29. The number of halogens is 4. The van der Waals surface area contributed by atoms with Gasteiger partial charge in [0.25, 0.3) is 0 Å². The molecule has 2 N–H and O–H groups in total. The van der Waals surface area contributed by atoms with E-state index in [2.05, 4.69) is 102 Å². The summed E-state index contributed by atoms with van der Waals surface area (Å²) < 4.78 is 4.15. The Kier molecular flexibility index (Phi) is 42.7. The number of hydrogen-bond donors (Lipinski definition) is 2. The third kappa shape index (κ3) is 40.3. The van der Waals surface area contributed by atoms with Gasteiger partial charge in [-0.05, 0) is 140 Å². The Morgan fingerprint density at radius 3 is 0.940 bits per heavy atom. The summed E-state index contributed by atoms with van der Waals surface area (Å²) >= 11 is 13.6. The summed E-state index contributed by atoms with van der Waals surface area (Å²) in [6, 6.07) is 3.94. The smallest absolute Gasteiger partial charge is 0.303 e. The average molecular weight is 959 g/mol. The first-order valence-corrected chi connectivity index (χ1v) is 22.9. The molecule has 0 aromatic heterocycles. The zero-order valence-electron chi connectivity index (χ0n) is 31.5. The van der Waals surface area contributed by atoms with Crippen LogP contribution in [0, 0.1) is 0 Å². The van der Waals surface area contributed by atoms with E-state index in [9.17, 15) is 9.59 Å². The third-order valence-corrected chi connectivity index (χ3v) is 12.9. The van der Waals surface area contributed by atoms with E-state index in [1.54, 1.807) is 0 Å². The second-order valence-corrected chi connectivity index (χ2v) is 16.4. The highest BCUT2D eigenvalue weighted by Crippen LogP contribution is 2.36. The fourth-order valence-corrected chi connectivity index (χ4v) is 7.08. The van der Waals surface area contributed by atoms with E-state index in [0.717, 1.165) is 43.6 Å². The van der Waals surface area contributed by atoms with Gasteiger partial charge in [-0.25, -0.2) is 0 Å². The van der Waals surface area contributed by atoms with Crippen LogP contribution < -0.4 is 0 Å². The Morgan fingerprint density at radius 2 is 0.680 bits per heavy atom. The number of rotatable bonds is 30. The Labute approximate surface area is 341 Å². The minimum Gasteiger partial charge on any atom is -0.481 e. The molecule has 1 rings (SSSR count). The van der Waals surface area contributed by atoms with Gasteiger partial charge in [-0.1, -0.05) is 141 Å². The van der Waals surface area contributed by atoms with E-state index in [-0.39, 0.29) is 0 Å². The number of carboxylic acids is 2. The Bertz CT molecular complexity index is 904. The Balaban J connectivity index is 0. The van der Waals surface area contributed by atoms with Crippen LogP contribution in [0.2, 0.25) is 0 Å². The molecule has 0 fully saturated rings. The molecule has 0 aliphatic heterocycles. The van der Waals surface area contributed by atoms with Gasteiger partial charge in [0.05, 0.1) is 0 Å². The monoisotopic (exact) mass is 954 g/mol. The number of carboxylic acid groups (broad SMARTS) is 2. The van der Waals surface area contributed by atoms with E-state index in [1.807, 2.05) is 12.1 Å². The van der Waals surface area contributed by atoms with Crippen molar-refractivity contribution in [3.05, 3.63) is 54.3 Å². The lowest BCUT2D eigenvalue weighted by molar-refractivity contribution is -0.138. The highest BCUT2D eigenvalue weighted by atomic mass is 79.9. The predicted octanol–water partition coefficient (Wildman–Crippen LogP) is 17.0. The number of aliphatic carboxylic acids is 2. The Hall–Kier alpha value is -0.440. The van der Waals surface area contributed by atoms with Crippen LogP contribution in [0.1, 0.15) is 194 Å². The number of unbranched alkanes of at least 4 members (excludes halogenated alkanes) is 22. The van der Waals surface area contributed by atoms with Crippen molar-refractivity contribution in [1.29, 1.82) is 0 Å². The van der Waals surface area contributed by atoms with Crippen LogP contribution in [-0.4, -0.2) is 22.2 Å². The maximum Gasteiger partial charge on any atom is 0.303 e. The quantitative estimate of drug-likeness (QED) is 0.0349. The van der Waals surface area contributed by atoms with Crippen molar-refractivity contribution < 1.29 is 19.8 Å². The highest BCUT2D eigenvalue weighted by molar-refractivity contribution is 9.15. The van der Waals surface area contributed by atoms with Gasteiger partial charge in [-0.3, -0.25) is 9.59 Å². The van der Waals surface area contributed by atoms with Gasteiger partial charge in [0.2, 0.25) is 0 Å². The molecule has 0 bridgehead atoms. The topological polar surface area (TPSA) is 74.6 Å². The zero-order valence-corrected chi connectivity index (χ0v) is 37.8. The van der Waals surface area contributed by atoms with E-state index in [0.29, 0.717) is 12.8 Å². The molecule has 1 aromatic rings. The second-order valence-electron chi connectivity index (χ2n) is 13.1. The fourth-order valence-electron chi connectivity index (χ4n) is 5.20. The largest absolute Gasteiger partial charge is 0.481 e. The van der Waals surface area contributed by atoms with Crippen molar-refractivity contribution in [2.45, 2.75) is 194 Å². The zero-order chi connectivity index (χ0) is 37.5. The summed E-state index contributed by atoms with van der Waals surface area (Å²) in [5.74, 6) is -1.33. The Morgan fingerprint density at radius 1 is 0.440 bits per heavy atom. The molecule has 0 saturated heterocycles. The first-order valence-electron chi connectivity index (χ1n) is 19.7. The molecule has 0 aliphatic carbocycles. The van der Waals surface area contributed by atoms with E-state index < -0.39 is 11.9 Å². The minimum absolute atomic E-state index is 0.332. The van der Waals surface area contributed by atoms with Crippen molar-refractivity contribution in [1.82, 2.24) is 0 Å². The lowest BCUT2D eigenvalue weighted by Gasteiger charge is -2.00. The molecule has 0 amide bonds. The first kappa shape index (κ1) is 51.7. The predicted molar refractivity (Wildman–Crippen MR) is 231 cm³/mol. The van der Waals surface area contributed by atoms with E-state index >= 15 is 0 Å². The van der Waals surface area contributed by atoms with Crippen LogP contribution in [0.25, 0.3) is 0 Å². The van der Waals surface area contributed by atoms with Crippen LogP contribution >= 0.6 is 63.7 Å². The molecule has 0 aliphatic rings. The van der Waals surface area contributed by atoms with Crippen LogP contribution in [0.3, 0.4) is 0 Å².